The summed E-state index contributed by atoms with van der Waals surface area (Å²) in [5.41, 5.74) is 6.41. The van der Waals surface area contributed by atoms with Crippen LogP contribution in [-0.2, 0) is 0 Å². The molecule has 1 heterocycles. The van der Waals surface area contributed by atoms with Gasteiger partial charge in [-0.3, -0.25) is 0 Å². The van der Waals surface area contributed by atoms with Crippen LogP contribution in [0.1, 0.15) is 46.5 Å². The molecule has 84 valence electrons. The Morgan fingerprint density at radius 3 is 2.64 bits per heavy atom. The molecule has 0 amide bonds. The number of hydrogen-bond acceptors (Lipinski definition) is 2. The summed E-state index contributed by atoms with van der Waals surface area (Å²) in [5.74, 6) is 0. The summed E-state index contributed by atoms with van der Waals surface area (Å²) >= 11 is 0. The van der Waals surface area contributed by atoms with Crippen LogP contribution in [0.5, 0.6) is 0 Å². The highest BCUT2D eigenvalue weighted by Gasteiger charge is 2.32. The van der Waals surface area contributed by atoms with Crippen molar-refractivity contribution in [2.24, 2.45) is 11.1 Å². The third-order valence-electron chi connectivity index (χ3n) is 3.47. The van der Waals surface area contributed by atoms with Crippen molar-refractivity contribution in [3.8, 4) is 0 Å². The summed E-state index contributed by atoms with van der Waals surface area (Å²) in [7, 11) is 0. The number of unbranched alkanes of at least 4 members (excludes halogenated alkanes) is 2. The molecule has 1 aliphatic rings. The first-order valence-electron chi connectivity index (χ1n) is 6.04. The predicted octanol–water partition coefficient (Wildman–Crippen LogP) is 2.24. The van der Waals surface area contributed by atoms with Gasteiger partial charge in [0, 0.05) is 12.6 Å². The molecular weight excluding hydrogens is 172 g/mol. The maximum Gasteiger partial charge on any atom is 0.0115 e. The lowest BCUT2D eigenvalue weighted by Crippen LogP contribution is -2.52. The van der Waals surface area contributed by atoms with Crippen LogP contribution in [0.3, 0.4) is 0 Å². The van der Waals surface area contributed by atoms with Crippen molar-refractivity contribution in [3.05, 3.63) is 0 Å². The molecule has 2 nitrogen and oxygen atoms in total. The Balaban J connectivity index is 2.29. The van der Waals surface area contributed by atoms with Gasteiger partial charge in [0.25, 0.3) is 0 Å². The Morgan fingerprint density at radius 2 is 2.07 bits per heavy atom. The molecule has 0 spiro atoms. The molecule has 1 saturated heterocycles. The van der Waals surface area contributed by atoms with E-state index in [1.165, 1.54) is 45.3 Å². The molecule has 0 saturated carbocycles. The highest BCUT2D eigenvalue weighted by atomic mass is 15.1. The molecular formula is C12H26N2. The Bertz CT molecular complexity index is 166. The zero-order chi connectivity index (χ0) is 10.6. The maximum absolute atomic E-state index is 6.10. The topological polar surface area (TPSA) is 29.3 Å². The molecule has 0 bridgehead atoms. The predicted molar refractivity (Wildman–Crippen MR) is 62.3 cm³/mol. The zero-order valence-electron chi connectivity index (χ0n) is 10.1. The molecule has 1 aliphatic heterocycles. The minimum atomic E-state index is 0.310. The normalized spacial score (nSPS) is 27.9. The van der Waals surface area contributed by atoms with Crippen molar-refractivity contribution in [3.63, 3.8) is 0 Å². The van der Waals surface area contributed by atoms with E-state index < -0.39 is 0 Å². The molecule has 0 aromatic carbocycles. The maximum atomic E-state index is 6.10. The standard InChI is InChI=1S/C12H26N2/c1-4-5-6-8-14-9-7-11(13)12(2,3)10-14/h11H,4-10,13H2,1-3H3. The van der Waals surface area contributed by atoms with Gasteiger partial charge in [0.1, 0.15) is 0 Å². The van der Waals surface area contributed by atoms with Gasteiger partial charge in [-0.1, -0.05) is 33.6 Å². The van der Waals surface area contributed by atoms with E-state index in [2.05, 4.69) is 25.7 Å². The number of hydrogen-bond donors (Lipinski definition) is 1. The van der Waals surface area contributed by atoms with E-state index in [0.29, 0.717) is 11.5 Å². The van der Waals surface area contributed by atoms with Crippen LogP contribution < -0.4 is 5.73 Å². The first-order chi connectivity index (χ1) is 6.56. The van der Waals surface area contributed by atoms with E-state index in [9.17, 15) is 0 Å². The Kier molecular flexibility index (Phi) is 4.39. The van der Waals surface area contributed by atoms with E-state index in [1.54, 1.807) is 0 Å². The van der Waals surface area contributed by atoms with Crippen molar-refractivity contribution >= 4 is 0 Å². The van der Waals surface area contributed by atoms with Crippen LogP contribution in [0.4, 0.5) is 0 Å². The molecule has 2 heteroatoms. The van der Waals surface area contributed by atoms with Crippen LogP contribution >= 0.6 is 0 Å². The Morgan fingerprint density at radius 1 is 1.36 bits per heavy atom. The highest BCUT2D eigenvalue weighted by molar-refractivity contribution is 4.89. The van der Waals surface area contributed by atoms with Crippen LogP contribution in [-0.4, -0.2) is 30.6 Å². The SMILES string of the molecule is CCCCCN1CCC(N)C(C)(C)C1. The molecule has 1 atom stereocenters. The molecule has 0 aliphatic carbocycles. The fourth-order valence-electron chi connectivity index (χ4n) is 2.26. The summed E-state index contributed by atoms with van der Waals surface area (Å²) in [6, 6.07) is 0.393. The van der Waals surface area contributed by atoms with Crippen molar-refractivity contribution in [2.45, 2.75) is 52.5 Å². The average molecular weight is 198 g/mol. The molecule has 1 unspecified atom stereocenters. The monoisotopic (exact) mass is 198 g/mol. The third-order valence-corrected chi connectivity index (χ3v) is 3.47. The van der Waals surface area contributed by atoms with Crippen molar-refractivity contribution < 1.29 is 0 Å². The Labute approximate surface area is 88.8 Å². The van der Waals surface area contributed by atoms with E-state index in [0.717, 1.165) is 0 Å². The van der Waals surface area contributed by atoms with Gasteiger partial charge >= 0.3 is 0 Å². The first kappa shape index (κ1) is 12.0. The number of piperidine rings is 1. The van der Waals surface area contributed by atoms with Gasteiger partial charge in [0.05, 0.1) is 0 Å². The summed E-state index contributed by atoms with van der Waals surface area (Å²) in [5, 5.41) is 0. The molecule has 0 aromatic rings. The van der Waals surface area contributed by atoms with Crippen molar-refractivity contribution in [2.75, 3.05) is 19.6 Å². The second-order valence-corrected chi connectivity index (χ2v) is 5.37. The molecule has 2 N–H and O–H groups in total. The summed E-state index contributed by atoms with van der Waals surface area (Å²) in [6.45, 7) is 10.5. The molecule has 14 heavy (non-hydrogen) atoms. The first-order valence-corrected chi connectivity index (χ1v) is 6.04. The molecule has 0 radical (unpaired) electrons. The smallest absolute Gasteiger partial charge is 0.0115 e. The lowest BCUT2D eigenvalue weighted by atomic mass is 9.79. The zero-order valence-corrected chi connectivity index (χ0v) is 10.1. The quantitative estimate of drug-likeness (QED) is 0.702. The highest BCUT2D eigenvalue weighted by Crippen LogP contribution is 2.27. The van der Waals surface area contributed by atoms with Crippen LogP contribution in [0, 0.1) is 5.41 Å². The third kappa shape index (κ3) is 3.25. The number of rotatable bonds is 4. The van der Waals surface area contributed by atoms with Crippen LogP contribution in [0.15, 0.2) is 0 Å². The average Bonchev–Trinajstić information content (AvgIpc) is 2.11. The number of nitrogens with two attached hydrogens (primary N) is 1. The van der Waals surface area contributed by atoms with Gasteiger partial charge in [0.2, 0.25) is 0 Å². The summed E-state index contributed by atoms with van der Waals surface area (Å²) < 4.78 is 0. The number of nitrogens with zero attached hydrogens (tertiary/aromatic N) is 1. The van der Waals surface area contributed by atoms with Gasteiger partial charge in [0.15, 0.2) is 0 Å². The van der Waals surface area contributed by atoms with Crippen LogP contribution in [0.25, 0.3) is 0 Å². The second-order valence-electron chi connectivity index (χ2n) is 5.37. The lowest BCUT2D eigenvalue weighted by Gasteiger charge is -2.42. The Hall–Kier alpha value is -0.0800. The van der Waals surface area contributed by atoms with Gasteiger partial charge in [-0.05, 0) is 31.3 Å². The van der Waals surface area contributed by atoms with Gasteiger partial charge in [-0.2, -0.15) is 0 Å². The van der Waals surface area contributed by atoms with Crippen molar-refractivity contribution in [1.29, 1.82) is 0 Å². The molecule has 0 aromatic heterocycles. The largest absolute Gasteiger partial charge is 0.327 e. The number of likely N-dealkylation sites (tertiary alicyclic amines) is 1. The van der Waals surface area contributed by atoms with Gasteiger partial charge in [-0.25, -0.2) is 0 Å². The minimum absolute atomic E-state index is 0.310. The van der Waals surface area contributed by atoms with E-state index in [-0.39, 0.29) is 0 Å². The van der Waals surface area contributed by atoms with E-state index in [1.807, 2.05) is 0 Å². The molecule has 1 rings (SSSR count). The van der Waals surface area contributed by atoms with Crippen molar-refractivity contribution in [1.82, 2.24) is 4.90 Å². The van der Waals surface area contributed by atoms with E-state index in [4.69, 9.17) is 5.73 Å². The fraction of sp³-hybridized carbons (Fsp3) is 1.00. The van der Waals surface area contributed by atoms with Gasteiger partial charge in [-0.15, -0.1) is 0 Å². The van der Waals surface area contributed by atoms with Crippen LogP contribution in [0.2, 0.25) is 0 Å². The minimum Gasteiger partial charge on any atom is -0.327 e. The van der Waals surface area contributed by atoms with Gasteiger partial charge < -0.3 is 10.6 Å². The molecule has 1 fully saturated rings. The van der Waals surface area contributed by atoms with E-state index >= 15 is 0 Å². The summed E-state index contributed by atoms with van der Waals surface area (Å²) in [6.07, 6.45) is 5.20. The lowest BCUT2D eigenvalue weighted by molar-refractivity contribution is 0.0940. The second kappa shape index (κ2) is 5.13. The fourth-order valence-corrected chi connectivity index (χ4v) is 2.26. The summed E-state index contributed by atoms with van der Waals surface area (Å²) in [4.78, 5) is 2.58.